The summed E-state index contributed by atoms with van der Waals surface area (Å²) in [5, 5.41) is 2.65. The third-order valence-electron chi connectivity index (χ3n) is 5.55. The van der Waals surface area contributed by atoms with Crippen molar-refractivity contribution in [1.82, 2.24) is 9.88 Å². The number of ether oxygens (including phenoxy) is 1. The molecule has 1 amide bonds. The molecule has 1 aliphatic rings. The van der Waals surface area contributed by atoms with Gasteiger partial charge in [0.15, 0.2) is 0 Å². The van der Waals surface area contributed by atoms with Crippen molar-refractivity contribution in [3.63, 3.8) is 0 Å². The first kappa shape index (κ1) is 23.3. The van der Waals surface area contributed by atoms with E-state index in [-0.39, 0.29) is 18.0 Å². The Hall–Kier alpha value is -2.33. The highest BCUT2D eigenvalue weighted by molar-refractivity contribution is 9.10. The first-order valence-corrected chi connectivity index (χ1v) is 10.5. The number of piperazine rings is 1. The summed E-state index contributed by atoms with van der Waals surface area (Å²) >= 11 is 3.38. The van der Waals surface area contributed by atoms with Gasteiger partial charge in [0.2, 0.25) is 5.88 Å². The molecule has 0 aliphatic carbocycles. The van der Waals surface area contributed by atoms with Crippen molar-refractivity contribution in [2.45, 2.75) is 32.1 Å². The number of carbonyl (C=O) groups excluding carboxylic acids is 1. The summed E-state index contributed by atoms with van der Waals surface area (Å²) in [5.74, 6) is -1.11. The van der Waals surface area contributed by atoms with Crippen LogP contribution in [0.2, 0.25) is 0 Å². The minimum Gasteiger partial charge on any atom is -0.481 e. The van der Waals surface area contributed by atoms with E-state index in [0.717, 1.165) is 31.0 Å². The quantitative estimate of drug-likeness (QED) is 0.661. The van der Waals surface area contributed by atoms with Crippen LogP contribution in [-0.2, 0) is 6.18 Å². The lowest BCUT2D eigenvalue weighted by Gasteiger charge is -2.44. The van der Waals surface area contributed by atoms with Crippen LogP contribution in [0.1, 0.15) is 29.8 Å². The van der Waals surface area contributed by atoms with Crippen molar-refractivity contribution in [3.8, 4) is 5.88 Å². The highest BCUT2D eigenvalue weighted by Gasteiger charge is 2.36. The lowest BCUT2D eigenvalue weighted by Crippen LogP contribution is -2.55. The van der Waals surface area contributed by atoms with E-state index in [1.165, 1.54) is 7.11 Å². The molecule has 1 aromatic carbocycles. The highest BCUT2D eigenvalue weighted by Crippen LogP contribution is 2.36. The van der Waals surface area contributed by atoms with E-state index in [1.54, 1.807) is 6.07 Å². The fourth-order valence-electron chi connectivity index (χ4n) is 3.64. The van der Waals surface area contributed by atoms with Crippen molar-refractivity contribution in [2.24, 2.45) is 0 Å². The van der Waals surface area contributed by atoms with Crippen LogP contribution in [0.5, 0.6) is 5.88 Å². The smallest absolute Gasteiger partial charge is 0.417 e. The number of methoxy groups -OCH3 is 1. The van der Waals surface area contributed by atoms with Gasteiger partial charge in [0.05, 0.1) is 29.6 Å². The Morgan fingerprint density at radius 2 is 1.87 bits per heavy atom. The summed E-state index contributed by atoms with van der Waals surface area (Å²) in [5.41, 5.74) is -0.500. The van der Waals surface area contributed by atoms with E-state index in [9.17, 15) is 18.0 Å². The van der Waals surface area contributed by atoms with Gasteiger partial charge in [-0.1, -0.05) is 15.9 Å². The summed E-state index contributed by atoms with van der Waals surface area (Å²) in [6, 6.07) is 6.65. The predicted molar refractivity (Wildman–Crippen MR) is 117 cm³/mol. The van der Waals surface area contributed by atoms with Crippen LogP contribution < -0.4 is 15.0 Å². The zero-order chi connectivity index (χ0) is 22.9. The van der Waals surface area contributed by atoms with Crippen molar-refractivity contribution < 1.29 is 22.7 Å². The monoisotopic (exact) mass is 500 g/mol. The number of benzene rings is 1. The zero-order valence-corrected chi connectivity index (χ0v) is 19.2. The lowest BCUT2D eigenvalue weighted by atomic mass is 10.1. The van der Waals surface area contributed by atoms with Crippen LogP contribution in [0.15, 0.2) is 34.9 Å². The maximum atomic E-state index is 13.5. The number of aromatic nitrogens is 1. The minimum atomic E-state index is -4.73. The molecule has 3 rings (SSSR count). The maximum absolute atomic E-state index is 13.5. The molecule has 2 aromatic rings. The average Bonchev–Trinajstić information content (AvgIpc) is 2.70. The Morgan fingerprint density at radius 1 is 1.23 bits per heavy atom. The Labute approximate surface area is 187 Å². The number of pyridine rings is 1. The largest absolute Gasteiger partial charge is 0.481 e. The van der Waals surface area contributed by atoms with Crippen LogP contribution in [0.25, 0.3) is 0 Å². The van der Waals surface area contributed by atoms with Gasteiger partial charge in [-0.3, -0.25) is 9.69 Å². The minimum absolute atomic E-state index is 0.215. The number of rotatable bonds is 4. The number of hydrogen-bond acceptors (Lipinski definition) is 5. The summed E-state index contributed by atoms with van der Waals surface area (Å²) in [7, 11) is 3.28. The average molecular weight is 501 g/mol. The van der Waals surface area contributed by atoms with Gasteiger partial charge in [0, 0.05) is 41.9 Å². The van der Waals surface area contributed by atoms with Crippen molar-refractivity contribution in [1.29, 1.82) is 0 Å². The molecule has 0 unspecified atom stereocenters. The summed E-state index contributed by atoms with van der Waals surface area (Å²) in [6.07, 6.45) is -3.85. The van der Waals surface area contributed by atoms with E-state index in [0.29, 0.717) is 10.2 Å². The Kier molecular flexibility index (Phi) is 6.80. The summed E-state index contributed by atoms with van der Waals surface area (Å²) in [4.78, 5) is 21.1. The highest BCUT2D eigenvalue weighted by atomic mass is 79.9. The van der Waals surface area contributed by atoms with Gasteiger partial charge in [-0.2, -0.15) is 13.2 Å². The second-order valence-corrected chi connectivity index (χ2v) is 8.57. The normalized spacial score (nSPS) is 19.9. The molecule has 168 valence electrons. The number of hydrogen-bond donors (Lipinski definition) is 1. The second kappa shape index (κ2) is 9.04. The fraction of sp³-hybridized carbons (Fsp3) is 0.429. The standard InChI is InChI=1S/C21H24BrF3N4O2/c1-12-10-29(11-13(2)28(12)3)18-6-5-14(22)7-17(18)27-20(30)15-9-26-19(31-4)8-16(15)21(23,24)25/h5-9,12-13H,10-11H2,1-4H3,(H,27,30)/t12-,13+. The van der Waals surface area contributed by atoms with Crippen LogP contribution >= 0.6 is 15.9 Å². The number of likely N-dealkylation sites (N-methyl/N-ethyl adjacent to an activating group) is 1. The van der Waals surface area contributed by atoms with Crippen molar-refractivity contribution in [2.75, 3.05) is 37.5 Å². The molecule has 0 spiro atoms. The van der Waals surface area contributed by atoms with E-state index in [2.05, 4.69) is 56.9 Å². The molecule has 1 aliphatic heterocycles. The first-order chi connectivity index (χ1) is 14.5. The van der Waals surface area contributed by atoms with E-state index in [1.807, 2.05) is 12.1 Å². The molecular weight excluding hydrogens is 477 g/mol. The van der Waals surface area contributed by atoms with Gasteiger partial charge in [-0.15, -0.1) is 0 Å². The van der Waals surface area contributed by atoms with E-state index >= 15 is 0 Å². The Balaban J connectivity index is 1.95. The molecule has 10 heteroatoms. The molecule has 0 bridgehead atoms. The molecule has 2 heterocycles. The number of carbonyl (C=O) groups is 1. The van der Waals surface area contributed by atoms with E-state index < -0.39 is 23.2 Å². The number of alkyl halides is 3. The molecule has 31 heavy (non-hydrogen) atoms. The third kappa shape index (κ3) is 5.12. The fourth-order valence-corrected chi connectivity index (χ4v) is 4.00. The molecule has 0 saturated carbocycles. The van der Waals surface area contributed by atoms with Crippen LogP contribution in [0.3, 0.4) is 0 Å². The van der Waals surface area contributed by atoms with Gasteiger partial charge in [-0.05, 0) is 39.1 Å². The Morgan fingerprint density at radius 3 is 2.45 bits per heavy atom. The SMILES string of the molecule is COc1cc(C(F)(F)F)c(C(=O)Nc2cc(Br)ccc2N2C[C@@H](C)N(C)[C@@H](C)C2)cn1. The molecular formula is C21H24BrF3N4O2. The summed E-state index contributed by atoms with van der Waals surface area (Å²) in [6.45, 7) is 5.67. The van der Waals surface area contributed by atoms with E-state index in [4.69, 9.17) is 4.74 Å². The van der Waals surface area contributed by atoms with Gasteiger partial charge < -0.3 is 15.0 Å². The number of nitrogens with one attached hydrogen (secondary N) is 1. The van der Waals surface area contributed by atoms with Crippen LogP contribution in [-0.4, -0.2) is 55.1 Å². The zero-order valence-electron chi connectivity index (χ0n) is 17.6. The van der Waals surface area contributed by atoms with Gasteiger partial charge in [0.1, 0.15) is 0 Å². The van der Waals surface area contributed by atoms with Gasteiger partial charge in [0.25, 0.3) is 5.91 Å². The topological polar surface area (TPSA) is 57.7 Å². The number of anilines is 2. The van der Waals surface area contributed by atoms with Gasteiger partial charge in [-0.25, -0.2) is 4.98 Å². The molecule has 1 aromatic heterocycles. The van der Waals surface area contributed by atoms with Crippen LogP contribution in [0, 0.1) is 0 Å². The molecule has 1 saturated heterocycles. The second-order valence-electron chi connectivity index (χ2n) is 7.65. The Bertz CT molecular complexity index is 958. The lowest BCUT2D eigenvalue weighted by molar-refractivity contribution is -0.138. The van der Waals surface area contributed by atoms with Crippen molar-refractivity contribution >= 4 is 33.2 Å². The number of nitrogens with zero attached hydrogens (tertiary/aromatic N) is 3. The third-order valence-corrected chi connectivity index (χ3v) is 6.04. The first-order valence-electron chi connectivity index (χ1n) is 9.70. The summed E-state index contributed by atoms with van der Waals surface area (Å²) < 4.78 is 46.1. The molecule has 6 nitrogen and oxygen atoms in total. The molecule has 1 fully saturated rings. The molecule has 0 radical (unpaired) electrons. The maximum Gasteiger partial charge on any atom is 0.417 e. The molecule has 2 atom stereocenters. The molecule has 1 N–H and O–H groups in total. The van der Waals surface area contributed by atoms with Gasteiger partial charge >= 0.3 is 6.18 Å². The number of amides is 1. The predicted octanol–water partition coefficient (Wildman–Crippen LogP) is 4.65. The number of halogens is 4. The van der Waals surface area contributed by atoms with Crippen molar-refractivity contribution in [3.05, 3.63) is 46.1 Å². The van der Waals surface area contributed by atoms with Crippen LogP contribution in [0.4, 0.5) is 24.5 Å².